The first-order valence-electron chi connectivity index (χ1n) is 6.61. The highest BCUT2D eigenvalue weighted by atomic mass is 16.3. The van der Waals surface area contributed by atoms with Gasteiger partial charge in [-0.05, 0) is 38.1 Å². The summed E-state index contributed by atoms with van der Waals surface area (Å²) < 4.78 is 0. The van der Waals surface area contributed by atoms with Crippen molar-refractivity contribution in [1.29, 1.82) is 0 Å². The molecule has 0 aliphatic carbocycles. The highest BCUT2D eigenvalue weighted by Crippen LogP contribution is 2.22. The Labute approximate surface area is 94.7 Å². The molecule has 1 fully saturated rings. The molecule has 3 atom stereocenters. The molecule has 1 rings (SSSR count). The van der Waals surface area contributed by atoms with Gasteiger partial charge in [-0.25, -0.2) is 0 Å². The van der Waals surface area contributed by atoms with Crippen LogP contribution < -0.4 is 0 Å². The molecule has 0 saturated carbocycles. The van der Waals surface area contributed by atoms with Crippen LogP contribution in [0.15, 0.2) is 0 Å². The Morgan fingerprint density at radius 3 is 2.67 bits per heavy atom. The van der Waals surface area contributed by atoms with Crippen LogP contribution in [0.2, 0.25) is 0 Å². The average molecular weight is 213 g/mol. The molecule has 0 aromatic carbocycles. The summed E-state index contributed by atoms with van der Waals surface area (Å²) >= 11 is 0. The third-order valence-corrected chi connectivity index (χ3v) is 3.60. The van der Waals surface area contributed by atoms with E-state index in [2.05, 4.69) is 25.7 Å². The van der Waals surface area contributed by atoms with Crippen LogP contribution in [0, 0.1) is 5.92 Å². The van der Waals surface area contributed by atoms with Gasteiger partial charge in [0.1, 0.15) is 0 Å². The maximum Gasteiger partial charge on any atom is 0.0695 e. The number of hydrogen-bond donors (Lipinski definition) is 1. The molecule has 1 N–H and O–H groups in total. The number of nitrogens with zero attached hydrogens (tertiary/aromatic N) is 1. The minimum Gasteiger partial charge on any atom is -0.391 e. The van der Waals surface area contributed by atoms with Crippen LogP contribution in [0.3, 0.4) is 0 Å². The van der Waals surface area contributed by atoms with Crippen molar-refractivity contribution in [2.45, 2.75) is 65.0 Å². The molecule has 1 aliphatic heterocycles. The van der Waals surface area contributed by atoms with Gasteiger partial charge in [0, 0.05) is 12.6 Å². The van der Waals surface area contributed by atoms with Gasteiger partial charge in [0.15, 0.2) is 0 Å². The van der Waals surface area contributed by atoms with Gasteiger partial charge in [0.05, 0.1) is 6.10 Å². The lowest BCUT2D eigenvalue weighted by molar-refractivity contribution is 0.0202. The lowest BCUT2D eigenvalue weighted by Gasteiger charge is -2.39. The fourth-order valence-corrected chi connectivity index (χ4v) is 2.79. The number of aliphatic hydroxyl groups excluding tert-OH is 1. The first-order chi connectivity index (χ1) is 7.19. The van der Waals surface area contributed by atoms with E-state index in [1.54, 1.807) is 0 Å². The molecule has 15 heavy (non-hydrogen) atoms. The molecule has 0 aromatic heterocycles. The van der Waals surface area contributed by atoms with Crippen molar-refractivity contribution in [2.75, 3.05) is 13.1 Å². The Kier molecular flexibility index (Phi) is 5.62. The predicted octanol–water partition coefficient (Wildman–Crippen LogP) is 2.66. The second kappa shape index (κ2) is 6.49. The highest BCUT2D eigenvalue weighted by Gasteiger charge is 2.27. The zero-order valence-corrected chi connectivity index (χ0v) is 10.6. The van der Waals surface area contributed by atoms with Crippen molar-refractivity contribution >= 4 is 0 Å². The lowest BCUT2D eigenvalue weighted by atomic mass is 9.95. The summed E-state index contributed by atoms with van der Waals surface area (Å²) in [6.07, 6.45) is 5.65. The maximum atomic E-state index is 10.1. The van der Waals surface area contributed by atoms with Crippen molar-refractivity contribution in [2.24, 2.45) is 5.92 Å². The van der Waals surface area contributed by atoms with Gasteiger partial charge in [0.2, 0.25) is 0 Å². The van der Waals surface area contributed by atoms with E-state index in [1.807, 2.05) is 0 Å². The Hall–Kier alpha value is -0.0800. The average Bonchev–Trinajstić information content (AvgIpc) is 2.19. The number of likely N-dealkylation sites (tertiary alicyclic amines) is 1. The zero-order chi connectivity index (χ0) is 11.3. The minimum atomic E-state index is -0.120. The Morgan fingerprint density at radius 2 is 2.13 bits per heavy atom. The van der Waals surface area contributed by atoms with Crippen LogP contribution in [0.5, 0.6) is 0 Å². The molecule has 0 radical (unpaired) electrons. The summed E-state index contributed by atoms with van der Waals surface area (Å²) in [5.74, 6) is 0.807. The highest BCUT2D eigenvalue weighted by molar-refractivity contribution is 4.81. The molecule has 0 aromatic rings. The van der Waals surface area contributed by atoms with Gasteiger partial charge in [0.25, 0.3) is 0 Å². The fourth-order valence-electron chi connectivity index (χ4n) is 2.79. The van der Waals surface area contributed by atoms with Crippen LogP contribution in [-0.2, 0) is 0 Å². The second-order valence-electron chi connectivity index (χ2n) is 5.07. The molecule has 2 nitrogen and oxygen atoms in total. The zero-order valence-electron chi connectivity index (χ0n) is 10.6. The van der Waals surface area contributed by atoms with Crippen molar-refractivity contribution < 1.29 is 5.11 Å². The molecule has 1 heterocycles. The van der Waals surface area contributed by atoms with Crippen LogP contribution in [0.1, 0.15) is 52.9 Å². The SMILES string of the molecule is CCCC(O)C(CC)N1CCCC(C)C1. The van der Waals surface area contributed by atoms with Gasteiger partial charge >= 0.3 is 0 Å². The number of aliphatic hydroxyl groups is 1. The molecule has 2 heteroatoms. The molecule has 0 bridgehead atoms. The third-order valence-electron chi connectivity index (χ3n) is 3.60. The maximum absolute atomic E-state index is 10.1. The van der Waals surface area contributed by atoms with E-state index >= 15 is 0 Å². The van der Waals surface area contributed by atoms with E-state index in [-0.39, 0.29) is 6.10 Å². The number of hydrogen-bond acceptors (Lipinski definition) is 2. The molecule has 0 amide bonds. The van der Waals surface area contributed by atoms with E-state index in [4.69, 9.17) is 0 Å². The summed E-state index contributed by atoms with van der Waals surface area (Å²) in [6, 6.07) is 0.396. The summed E-state index contributed by atoms with van der Waals surface area (Å²) in [5, 5.41) is 10.1. The molecular weight excluding hydrogens is 186 g/mol. The monoisotopic (exact) mass is 213 g/mol. The molecule has 0 spiro atoms. The Bertz CT molecular complexity index is 172. The molecule has 90 valence electrons. The van der Waals surface area contributed by atoms with Crippen LogP contribution in [0.25, 0.3) is 0 Å². The van der Waals surface area contributed by atoms with Crippen molar-refractivity contribution in [1.82, 2.24) is 4.90 Å². The Balaban J connectivity index is 2.48. The van der Waals surface area contributed by atoms with Gasteiger partial charge in [-0.3, -0.25) is 4.90 Å². The summed E-state index contributed by atoms with van der Waals surface area (Å²) in [4.78, 5) is 2.51. The number of rotatable bonds is 5. The van der Waals surface area contributed by atoms with E-state index in [0.29, 0.717) is 6.04 Å². The van der Waals surface area contributed by atoms with E-state index in [0.717, 1.165) is 25.2 Å². The van der Waals surface area contributed by atoms with Crippen molar-refractivity contribution in [3.8, 4) is 0 Å². The van der Waals surface area contributed by atoms with Gasteiger partial charge in [-0.2, -0.15) is 0 Å². The first-order valence-corrected chi connectivity index (χ1v) is 6.61. The molecule has 1 aliphatic rings. The molecule has 1 saturated heterocycles. The van der Waals surface area contributed by atoms with Gasteiger partial charge < -0.3 is 5.11 Å². The topological polar surface area (TPSA) is 23.5 Å². The predicted molar refractivity (Wildman–Crippen MR) is 65.0 cm³/mol. The second-order valence-corrected chi connectivity index (χ2v) is 5.07. The minimum absolute atomic E-state index is 0.120. The lowest BCUT2D eigenvalue weighted by Crippen LogP contribution is -2.47. The summed E-state index contributed by atoms with van der Waals surface area (Å²) in [7, 11) is 0. The van der Waals surface area contributed by atoms with Gasteiger partial charge in [-0.15, -0.1) is 0 Å². The van der Waals surface area contributed by atoms with Crippen molar-refractivity contribution in [3.63, 3.8) is 0 Å². The summed E-state index contributed by atoms with van der Waals surface area (Å²) in [6.45, 7) is 9.03. The molecule has 3 unspecified atom stereocenters. The fraction of sp³-hybridized carbons (Fsp3) is 1.00. The van der Waals surface area contributed by atoms with Crippen LogP contribution >= 0.6 is 0 Å². The van der Waals surface area contributed by atoms with E-state index in [1.165, 1.54) is 25.9 Å². The van der Waals surface area contributed by atoms with Crippen molar-refractivity contribution in [3.05, 3.63) is 0 Å². The standard InChI is InChI=1S/C13H27NO/c1-4-7-13(15)12(5-2)14-9-6-8-11(3)10-14/h11-13,15H,4-10H2,1-3H3. The Morgan fingerprint density at radius 1 is 1.40 bits per heavy atom. The molecular formula is C13H27NO. The number of piperidine rings is 1. The largest absolute Gasteiger partial charge is 0.391 e. The normalized spacial score (nSPS) is 27.6. The van der Waals surface area contributed by atoms with Gasteiger partial charge in [-0.1, -0.05) is 27.2 Å². The first kappa shape index (κ1) is 13.0. The quantitative estimate of drug-likeness (QED) is 0.759. The summed E-state index contributed by atoms with van der Waals surface area (Å²) in [5.41, 5.74) is 0. The van der Waals surface area contributed by atoms with E-state index in [9.17, 15) is 5.11 Å². The van der Waals surface area contributed by atoms with Crippen LogP contribution in [-0.4, -0.2) is 35.2 Å². The van der Waals surface area contributed by atoms with E-state index < -0.39 is 0 Å². The smallest absolute Gasteiger partial charge is 0.0695 e. The van der Waals surface area contributed by atoms with Crippen LogP contribution in [0.4, 0.5) is 0 Å². The third kappa shape index (κ3) is 3.76.